The highest BCUT2D eigenvalue weighted by Gasteiger charge is 2.37. The van der Waals surface area contributed by atoms with Gasteiger partial charge in [-0.3, -0.25) is 14.9 Å². The molecule has 0 aliphatic carbocycles. The number of nitrogens with one attached hydrogen (secondary N) is 1. The van der Waals surface area contributed by atoms with Gasteiger partial charge in [0.1, 0.15) is 17.9 Å². The first-order valence-corrected chi connectivity index (χ1v) is 12.0. The number of urea groups is 1. The number of hydrogen-bond acceptors (Lipinski definition) is 4. The predicted octanol–water partition coefficient (Wildman–Crippen LogP) is 6.42. The quantitative estimate of drug-likeness (QED) is 0.270. The molecule has 1 N–H and O–H groups in total. The first-order valence-electron chi connectivity index (χ1n) is 10.1. The van der Waals surface area contributed by atoms with Crippen LogP contribution in [0.4, 0.5) is 10.5 Å². The summed E-state index contributed by atoms with van der Waals surface area (Å²) >= 11 is 13.1. The van der Waals surface area contributed by atoms with Crippen molar-refractivity contribution >= 4 is 73.1 Å². The zero-order valence-electron chi connectivity index (χ0n) is 17.8. The average molecular weight is 605 g/mol. The minimum Gasteiger partial charge on any atom is -0.488 e. The van der Waals surface area contributed by atoms with E-state index >= 15 is 0 Å². The molecule has 0 bridgehead atoms. The Morgan fingerprint density at radius 3 is 2.50 bits per heavy atom. The number of benzene rings is 3. The van der Waals surface area contributed by atoms with Crippen molar-refractivity contribution in [3.8, 4) is 5.75 Å². The third-order valence-electron chi connectivity index (χ3n) is 5.11. The van der Waals surface area contributed by atoms with Crippen molar-refractivity contribution in [3.63, 3.8) is 0 Å². The van der Waals surface area contributed by atoms with Gasteiger partial charge in [0.2, 0.25) is 0 Å². The number of barbiturate groups is 1. The normalized spacial score (nSPS) is 15.0. The van der Waals surface area contributed by atoms with Crippen molar-refractivity contribution < 1.29 is 19.1 Å². The van der Waals surface area contributed by atoms with Gasteiger partial charge in [0, 0.05) is 25.1 Å². The lowest BCUT2D eigenvalue weighted by Gasteiger charge is -2.27. The number of amides is 4. The van der Waals surface area contributed by atoms with Gasteiger partial charge in [-0.25, -0.2) is 9.69 Å². The Morgan fingerprint density at radius 1 is 1.00 bits per heavy atom. The maximum absolute atomic E-state index is 13.3. The predicted molar refractivity (Wildman–Crippen MR) is 138 cm³/mol. The number of hydrogen-bond donors (Lipinski definition) is 1. The van der Waals surface area contributed by atoms with E-state index in [0.29, 0.717) is 22.0 Å². The molecule has 0 spiro atoms. The Balaban J connectivity index is 1.69. The van der Waals surface area contributed by atoms with Gasteiger partial charge in [0.25, 0.3) is 11.8 Å². The van der Waals surface area contributed by atoms with Gasteiger partial charge in [0.15, 0.2) is 0 Å². The highest BCUT2D eigenvalue weighted by Crippen LogP contribution is 2.30. The molecule has 0 radical (unpaired) electrons. The van der Waals surface area contributed by atoms with Crippen molar-refractivity contribution in [2.45, 2.75) is 13.5 Å². The number of nitrogens with zero attached hydrogens (tertiary/aromatic N) is 1. The van der Waals surface area contributed by atoms with Crippen LogP contribution in [0.25, 0.3) is 6.08 Å². The Bertz CT molecular complexity index is 1360. The number of carbonyl (C=O) groups excluding carboxylic acids is 3. The van der Waals surface area contributed by atoms with Gasteiger partial charge >= 0.3 is 6.03 Å². The van der Waals surface area contributed by atoms with E-state index in [9.17, 15) is 14.4 Å². The number of ether oxygens (including phenoxy) is 1. The molecule has 172 valence electrons. The van der Waals surface area contributed by atoms with Gasteiger partial charge in [-0.15, -0.1) is 0 Å². The molecule has 1 fully saturated rings. The second-order valence-electron chi connectivity index (χ2n) is 7.45. The van der Waals surface area contributed by atoms with Gasteiger partial charge in [-0.1, -0.05) is 61.7 Å². The Labute approximate surface area is 217 Å². The van der Waals surface area contributed by atoms with Crippen molar-refractivity contribution in [1.29, 1.82) is 0 Å². The minimum absolute atomic E-state index is 0.215. The highest BCUT2D eigenvalue weighted by atomic mass is 79.9. The topological polar surface area (TPSA) is 75.7 Å². The maximum atomic E-state index is 13.3. The summed E-state index contributed by atoms with van der Waals surface area (Å²) in [5, 5.41) is 2.63. The van der Waals surface area contributed by atoms with Crippen molar-refractivity contribution in [1.82, 2.24) is 5.32 Å². The van der Waals surface area contributed by atoms with Crippen LogP contribution in [0.2, 0.25) is 5.02 Å². The van der Waals surface area contributed by atoms with E-state index in [4.69, 9.17) is 16.3 Å². The molecule has 1 aliphatic heterocycles. The van der Waals surface area contributed by atoms with E-state index in [-0.39, 0.29) is 12.2 Å². The van der Waals surface area contributed by atoms with E-state index in [2.05, 4.69) is 37.2 Å². The van der Waals surface area contributed by atoms with E-state index in [1.165, 1.54) is 6.08 Å². The second-order valence-corrected chi connectivity index (χ2v) is 9.60. The van der Waals surface area contributed by atoms with E-state index < -0.39 is 17.8 Å². The summed E-state index contributed by atoms with van der Waals surface area (Å²) in [7, 11) is 0. The fourth-order valence-corrected chi connectivity index (χ4v) is 4.18. The van der Waals surface area contributed by atoms with Crippen LogP contribution in [0.3, 0.4) is 0 Å². The first-order chi connectivity index (χ1) is 16.2. The smallest absolute Gasteiger partial charge is 0.335 e. The monoisotopic (exact) mass is 602 g/mol. The average Bonchev–Trinajstić information content (AvgIpc) is 2.79. The van der Waals surface area contributed by atoms with Crippen molar-refractivity contribution in [3.05, 3.63) is 96.9 Å². The number of anilines is 1. The Hall–Kier alpha value is -2.94. The zero-order chi connectivity index (χ0) is 24.4. The molecule has 3 aromatic rings. The van der Waals surface area contributed by atoms with Crippen LogP contribution in [-0.2, 0) is 16.2 Å². The standard InChI is InChI=1S/C25H17Br2ClN2O4/c1-14-10-18(7-8-20(14)26)30-24(32)19(23(31)29-25(30)33)12-16-11-17(28)6-9-22(16)34-13-15-4-2-3-5-21(15)27/h2-12H,13H2,1H3,(H,29,31,33)/b19-12-. The first kappa shape index (κ1) is 24.2. The molecular weight excluding hydrogens is 588 g/mol. The molecule has 4 amide bonds. The summed E-state index contributed by atoms with van der Waals surface area (Å²) in [6.07, 6.45) is 1.38. The lowest BCUT2D eigenvalue weighted by molar-refractivity contribution is -0.122. The molecule has 9 heteroatoms. The zero-order valence-corrected chi connectivity index (χ0v) is 21.7. The Morgan fingerprint density at radius 2 is 1.76 bits per heavy atom. The summed E-state index contributed by atoms with van der Waals surface area (Å²) in [5.74, 6) is -1.11. The minimum atomic E-state index is -0.814. The van der Waals surface area contributed by atoms with E-state index in [1.807, 2.05) is 31.2 Å². The van der Waals surface area contributed by atoms with Gasteiger partial charge < -0.3 is 4.74 Å². The summed E-state index contributed by atoms with van der Waals surface area (Å²) in [6, 6.07) is 16.8. The van der Waals surface area contributed by atoms with Gasteiger partial charge in [-0.2, -0.15) is 0 Å². The van der Waals surface area contributed by atoms with Crippen LogP contribution in [0, 0.1) is 6.92 Å². The number of carbonyl (C=O) groups is 3. The molecular formula is C25H17Br2ClN2O4. The molecule has 0 saturated carbocycles. The van der Waals surface area contributed by atoms with Crippen LogP contribution in [-0.4, -0.2) is 17.8 Å². The number of aryl methyl sites for hydroxylation is 1. The summed E-state index contributed by atoms with van der Waals surface area (Å²) in [4.78, 5) is 39.3. The Kier molecular flexibility index (Phi) is 7.21. The van der Waals surface area contributed by atoms with Gasteiger partial charge in [-0.05, 0) is 61.0 Å². The fourth-order valence-electron chi connectivity index (χ4n) is 3.35. The highest BCUT2D eigenvalue weighted by molar-refractivity contribution is 9.10. The molecule has 3 aromatic carbocycles. The summed E-state index contributed by atoms with van der Waals surface area (Å²) < 4.78 is 7.70. The molecule has 0 atom stereocenters. The molecule has 0 aromatic heterocycles. The third kappa shape index (κ3) is 5.09. The molecule has 4 rings (SSSR count). The molecule has 1 heterocycles. The van der Waals surface area contributed by atoms with Gasteiger partial charge in [0.05, 0.1) is 5.69 Å². The van der Waals surface area contributed by atoms with E-state index in [0.717, 1.165) is 25.0 Å². The number of halogens is 3. The third-order valence-corrected chi connectivity index (χ3v) is 7.01. The van der Waals surface area contributed by atoms with Crippen LogP contribution in [0.1, 0.15) is 16.7 Å². The largest absolute Gasteiger partial charge is 0.488 e. The fraction of sp³-hybridized carbons (Fsp3) is 0.0800. The molecule has 34 heavy (non-hydrogen) atoms. The number of imide groups is 2. The lowest BCUT2D eigenvalue weighted by atomic mass is 10.1. The maximum Gasteiger partial charge on any atom is 0.335 e. The second kappa shape index (κ2) is 10.1. The van der Waals surface area contributed by atoms with Crippen LogP contribution in [0.5, 0.6) is 5.75 Å². The van der Waals surface area contributed by atoms with Crippen molar-refractivity contribution in [2.75, 3.05) is 4.90 Å². The van der Waals surface area contributed by atoms with Crippen LogP contribution in [0.15, 0.2) is 75.2 Å². The molecule has 1 aliphatic rings. The van der Waals surface area contributed by atoms with Crippen LogP contribution < -0.4 is 15.0 Å². The van der Waals surface area contributed by atoms with Crippen molar-refractivity contribution in [2.24, 2.45) is 0 Å². The number of rotatable bonds is 5. The molecule has 6 nitrogen and oxygen atoms in total. The summed E-state index contributed by atoms with van der Waals surface area (Å²) in [6.45, 7) is 2.09. The van der Waals surface area contributed by atoms with Crippen LogP contribution >= 0.6 is 43.5 Å². The molecule has 0 unspecified atom stereocenters. The van der Waals surface area contributed by atoms with E-state index in [1.54, 1.807) is 36.4 Å². The lowest BCUT2D eigenvalue weighted by Crippen LogP contribution is -2.54. The SMILES string of the molecule is Cc1cc(N2C(=O)NC(=O)/C(=C/c3cc(Cl)ccc3OCc3ccccc3Br)C2=O)ccc1Br. The summed E-state index contributed by atoms with van der Waals surface area (Å²) in [5.41, 5.74) is 2.31. The molecule has 1 saturated heterocycles.